The molecule has 1 aromatic rings. The Bertz CT molecular complexity index is 505. The quantitative estimate of drug-likeness (QED) is 0.806. The monoisotopic (exact) mass is 316 g/mol. The molecule has 0 bridgehead atoms. The number of aliphatic carboxylic acids is 1. The molecule has 2 N–H and O–H groups in total. The third kappa shape index (κ3) is 5.32. The van der Waals surface area contributed by atoms with Gasteiger partial charge in [-0.15, -0.1) is 0 Å². The van der Waals surface area contributed by atoms with E-state index in [4.69, 9.17) is 16.7 Å². The molecule has 0 aromatic heterocycles. The predicted molar refractivity (Wildman–Crippen MR) is 77.6 cm³/mol. The minimum atomic E-state index is -1.02. The van der Waals surface area contributed by atoms with E-state index in [1.54, 1.807) is 11.0 Å². The molecular weight excluding hydrogens is 299 g/mol. The molecule has 1 amide bonds. The summed E-state index contributed by atoms with van der Waals surface area (Å²) in [7, 11) is 0. The van der Waals surface area contributed by atoms with Crippen LogP contribution in [0.2, 0.25) is 5.02 Å². The second-order valence-electron chi connectivity index (χ2n) is 4.67. The largest absolute Gasteiger partial charge is 0.480 e. The highest BCUT2D eigenvalue weighted by atomic mass is 35.5. The van der Waals surface area contributed by atoms with Crippen LogP contribution in [-0.4, -0.2) is 41.0 Å². The number of carbonyl (C=O) groups excluding carboxylic acids is 1. The number of nitrogens with zero attached hydrogens (tertiary/aromatic N) is 1. The molecule has 1 unspecified atom stereocenters. The normalized spacial score (nSPS) is 12.2. The van der Waals surface area contributed by atoms with Crippen molar-refractivity contribution < 1.29 is 19.1 Å². The number of halogens is 2. The average molecular weight is 317 g/mol. The predicted octanol–water partition coefficient (Wildman–Crippen LogP) is 1.89. The first-order valence-corrected chi connectivity index (χ1v) is 6.85. The van der Waals surface area contributed by atoms with Gasteiger partial charge in [-0.1, -0.05) is 17.7 Å². The summed E-state index contributed by atoms with van der Waals surface area (Å²) < 4.78 is 13.8. The van der Waals surface area contributed by atoms with E-state index in [0.29, 0.717) is 0 Å². The van der Waals surface area contributed by atoms with Crippen molar-refractivity contribution in [2.45, 2.75) is 26.4 Å². The first kappa shape index (κ1) is 17.4. The van der Waals surface area contributed by atoms with Crippen LogP contribution in [0.1, 0.15) is 19.4 Å². The molecule has 0 spiro atoms. The van der Waals surface area contributed by atoms with Crippen molar-refractivity contribution in [1.82, 2.24) is 10.2 Å². The van der Waals surface area contributed by atoms with Crippen LogP contribution >= 0.6 is 11.6 Å². The van der Waals surface area contributed by atoms with Crippen molar-refractivity contribution in [3.8, 4) is 0 Å². The molecule has 116 valence electrons. The lowest BCUT2D eigenvalue weighted by atomic mass is 10.1. The number of carboxylic acids is 1. The van der Waals surface area contributed by atoms with E-state index >= 15 is 0 Å². The number of hydrogen-bond acceptors (Lipinski definition) is 3. The third-order valence-electron chi connectivity index (χ3n) is 3.10. The molecule has 0 aliphatic rings. The number of carbonyl (C=O) groups is 2. The number of rotatable bonds is 7. The Labute approximate surface area is 127 Å². The van der Waals surface area contributed by atoms with Crippen molar-refractivity contribution in [3.05, 3.63) is 34.6 Å². The summed E-state index contributed by atoms with van der Waals surface area (Å²) >= 11 is 5.96. The molecule has 0 aliphatic heterocycles. The summed E-state index contributed by atoms with van der Waals surface area (Å²) in [4.78, 5) is 23.6. The second-order valence-corrected chi connectivity index (χ2v) is 5.08. The molecule has 0 fully saturated rings. The average Bonchev–Trinajstić information content (AvgIpc) is 2.39. The zero-order chi connectivity index (χ0) is 16.0. The maximum absolute atomic E-state index is 13.8. The lowest BCUT2D eigenvalue weighted by molar-refractivity contribution is -0.142. The van der Waals surface area contributed by atoms with Gasteiger partial charge < -0.3 is 10.4 Å². The van der Waals surface area contributed by atoms with Crippen LogP contribution in [0.5, 0.6) is 0 Å². The maximum Gasteiger partial charge on any atom is 0.320 e. The highest BCUT2D eigenvalue weighted by Crippen LogP contribution is 2.21. The van der Waals surface area contributed by atoms with Gasteiger partial charge in [-0.05, 0) is 19.1 Å². The minimum Gasteiger partial charge on any atom is -0.480 e. The summed E-state index contributed by atoms with van der Waals surface area (Å²) in [5.74, 6) is -1.71. The van der Waals surface area contributed by atoms with Crippen LogP contribution in [0.15, 0.2) is 18.2 Å². The van der Waals surface area contributed by atoms with Gasteiger partial charge in [0, 0.05) is 37.1 Å². The van der Waals surface area contributed by atoms with Crippen molar-refractivity contribution in [1.29, 1.82) is 0 Å². The molecule has 7 heteroatoms. The Balaban J connectivity index is 2.86. The van der Waals surface area contributed by atoms with Gasteiger partial charge in [-0.2, -0.15) is 0 Å². The molecule has 21 heavy (non-hydrogen) atoms. The molecular formula is C14H18ClFN2O3. The molecule has 0 aliphatic carbocycles. The summed E-state index contributed by atoms with van der Waals surface area (Å²) in [6.07, 6.45) is 0. The zero-order valence-corrected chi connectivity index (χ0v) is 12.7. The van der Waals surface area contributed by atoms with Gasteiger partial charge >= 0.3 is 5.97 Å². The van der Waals surface area contributed by atoms with E-state index in [2.05, 4.69) is 5.32 Å². The van der Waals surface area contributed by atoms with E-state index < -0.39 is 17.8 Å². The maximum atomic E-state index is 13.8. The molecule has 0 radical (unpaired) electrons. The fourth-order valence-electron chi connectivity index (χ4n) is 1.83. The Kier molecular flexibility index (Phi) is 6.58. The minimum absolute atomic E-state index is 0.0541. The first-order valence-electron chi connectivity index (χ1n) is 6.47. The topological polar surface area (TPSA) is 69.6 Å². The molecule has 1 rings (SSSR count). The van der Waals surface area contributed by atoms with E-state index in [1.165, 1.54) is 26.0 Å². The highest BCUT2D eigenvalue weighted by Gasteiger charge is 2.22. The highest BCUT2D eigenvalue weighted by molar-refractivity contribution is 6.31. The van der Waals surface area contributed by atoms with E-state index in [9.17, 15) is 14.0 Å². The number of benzene rings is 1. The Morgan fingerprint density at radius 3 is 2.67 bits per heavy atom. The van der Waals surface area contributed by atoms with Crippen molar-refractivity contribution in [2.24, 2.45) is 0 Å². The Morgan fingerprint density at radius 2 is 2.14 bits per heavy atom. The molecule has 0 heterocycles. The second kappa shape index (κ2) is 7.95. The first-order chi connectivity index (χ1) is 9.82. The van der Waals surface area contributed by atoms with Crippen molar-refractivity contribution in [3.63, 3.8) is 0 Å². The molecule has 0 saturated heterocycles. The van der Waals surface area contributed by atoms with E-state index in [-0.39, 0.29) is 36.1 Å². The van der Waals surface area contributed by atoms with Gasteiger partial charge in [0.2, 0.25) is 5.91 Å². The lowest BCUT2D eigenvalue weighted by Gasteiger charge is -2.26. The molecule has 5 nitrogen and oxygen atoms in total. The van der Waals surface area contributed by atoms with Crippen LogP contribution in [0.4, 0.5) is 4.39 Å². The van der Waals surface area contributed by atoms with Gasteiger partial charge in [0.1, 0.15) is 11.9 Å². The summed E-state index contributed by atoms with van der Waals surface area (Å²) in [6.45, 7) is 3.48. The summed E-state index contributed by atoms with van der Waals surface area (Å²) in [6, 6.07) is 3.49. The summed E-state index contributed by atoms with van der Waals surface area (Å²) in [5.41, 5.74) is 0.245. The molecule has 0 saturated carbocycles. The fourth-order valence-corrected chi connectivity index (χ4v) is 2.05. The van der Waals surface area contributed by atoms with Crippen LogP contribution in [0.3, 0.4) is 0 Å². The van der Waals surface area contributed by atoms with E-state index in [0.717, 1.165) is 0 Å². The smallest absolute Gasteiger partial charge is 0.320 e. The Morgan fingerprint density at radius 1 is 1.48 bits per heavy atom. The summed E-state index contributed by atoms with van der Waals surface area (Å²) in [5, 5.41) is 12.0. The van der Waals surface area contributed by atoms with Gasteiger partial charge in [-0.25, -0.2) is 4.39 Å². The van der Waals surface area contributed by atoms with E-state index in [1.807, 2.05) is 0 Å². The fraction of sp³-hybridized carbons (Fsp3) is 0.429. The number of amides is 1. The van der Waals surface area contributed by atoms with Gasteiger partial charge in [0.05, 0.1) is 0 Å². The third-order valence-corrected chi connectivity index (χ3v) is 3.46. The van der Waals surface area contributed by atoms with Crippen LogP contribution in [0, 0.1) is 5.82 Å². The van der Waals surface area contributed by atoms with Crippen LogP contribution in [-0.2, 0) is 16.1 Å². The van der Waals surface area contributed by atoms with Crippen LogP contribution in [0.25, 0.3) is 0 Å². The Hall–Kier alpha value is -1.66. The zero-order valence-electron chi connectivity index (χ0n) is 11.9. The van der Waals surface area contributed by atoms with Crippen molar-refractivity contribution in [2.75, 3.05) is 13.1 Å². The standard InChI is InChI=1S/C14H18ClFN2O3/c1-9(14(20)21)18(7-6-17-10(2)19)8-11-12(15)4-3-5-13(11)16/h3-5,9H,6-8H2,1-2H3,(H,17,19)(H,20,21). The van der Waals surface area contributed by atoms with Gasteiger partial charge in [-0.3, -0.25) is 14.5 Å². The molecule has 1 atom stereocenters. The SMILES string of the molecule is CC(=O)NCCN(Cc1c(F)cccc1Cl)C(C)C(=O)O. The number of hydrogen-bond donors (Lipinski definition) is 2. The lowest BCUT2D eigenvalue weighted by Crippen LogP contribution is -2.43. The van der Waals surface area contributed by atoms with Crippen LogP contribution < -0.4 is 5.32 Å². The molecule has 1 aromatic carbocycles. The number of carboxylic acid groups (broad SMARTS) is 1. The van der Waals surface area contributed by atoms with Gasteiger partial charge in [0.25, 0.3) is 0 Å². The van der Waals surface area contributed by atoms with Crippen molar-refractivity contribution >= 4 is 23.5 Å². The van der Waals surface area contributed by atoms with Gasteiger partial charge in [0.15, 0.2) is 0 Å². The number of nitrogens with one attached hydrogen (secondary N) is 1.